The molecule has 1 heterocycles. The SMILES string of the molecule is CCNC(=O)CN(CC)Cc1nnc(-c2cccc(C)c2)o1. The molecule has 2 rings (SSSR count). The predicted octanol–water partition coefficient (Wildman–Crippen LogP) is 2.00. The van der Waals surface area contributed by atoms with Crippen molar-refractivity contribution in [3.8, 4) is 11.5 Å². The molecule has 6 heteroatoms. The molecule has 1 N–H and O–H groups in total. The Morgan fingerprint density at radius 3 is 2.82 bits per heavy atom. The number of rotatable bonds is 7. The lowest BCUT2D eigenvalue weighted by atomic mass is 10.1. The van der Waals surface area contributed by atoms with Gasteiger partial charge in [0, 0.05) is 12.1 Å². The van der Waals surface area contributed by atoms with Gasteiger partial charge in [-0.2, -0.15) is 0 Å². The minimum Gasteiger partial charge on any atom is -0.419 e. The Kier molecular flexibility index (Phi) is 5.66. The number of aromatic nitrogens is 2. The predicted molar refractivity (Wildman–Crippen MR) is 84.1 cm³/mol. The molecule has 22 heavy (non-hydrogen) atoms. The van der Waals surface area contributed by atoms with Gasteiger partial charge < -0.3 is 9.73 Å². The zero-order chi connectivity index (χ0) is 15.9. The Labute approximate surface area is 130 Å². The van der Waals surface area contributed by atoms with Crippen LogP contribution in [0.5, 0.6) is 0 Å². The minimum atomic E-state index is 0.00257. The van der Waals surface area contributed by atoms with E-state index in [1.807, 2.05) is 49.9 Å². The first-order valence-electron chi connectivity index (χ1n) is 7.50. The summed E-state index contributed by atoms with van der Waals surface area (Å²) in [5, 5.41) is 10.9. The average Bonchev–Trinajstić information content (AvgIpc) is 2.95. The van der Waals surface area contributed by atoms with Gasteiger partial charge in [-0.25, -0.2) is 0 Å². The molecule has 0 spiro atoms. The van der Waals surface area contributed by atoms with Gasteiger partial charge >= 0.3 is 0 Å². The number of nitrogens with one attached hydrogen (secondary N) is 1. The van der Waals surface area contributed by atoms with Crippen molar-refractivity contribution in [3.05, 3.63) is 35.7 Å². The molecule has 0 radical (unpaired) electrons. The number of likely N-dealkylation sites (N-methyl/N-ethyl adjacent to an activating group) is 2. The van der Waals surface area contributed by atoms with Crippen LogP contribution in [0, 0.1) is 6.92 Å². The van der Waals surface area contributed by atoms with Crippen molar-refractivity contribution in [2.75, 3.05) is 19.6 Å². The van der Waals surface area contributed by atoms with Gasteiger partial charge in [-0.15, -0.1) is 10.2 Å². The van der Waals surface area contributed by atoms with Gasteiger partial charge in [0.1, 0.15) is 0 Å². The van der Waals surface area contributed by atoms with Gasteiger partial charge in [-0.05, 0) is 32.5 Å². The van der Waals surface area contributed by atoms with Gasteiger partial charge in [0.05, 0.1) is 13.1 Å². The largest absolute Gasteiger partial charge is 0.419 e. The molecule has 1 aromatic heterocycles. The van der Waals surface area contributed by atoms with E-state index in [1.54, 1.807) is 0 Å². The number of hydrogen-bond acceptors (Lipinski definition) is 5. The summed E-state index contributed by atoms with van der Waals surface area (Å²) in [6.45, 7) is 8.08. The number of nitrogens with zero attached hydrogens (tertiary/aromatic N) is 3. The molecule has 0 fully saturated rings. The summed E-state index contributed by atoms with van der Waals surface area (Å²) in [5.41, 5.74) is 2.05. The third kappa shape index (κ3) is 4.39. The summed E-state index contributed by atoms with van der Waals surface area (Å²) in [6, 6.07) is 7.92. The molecule has 0 bridgehead atoms. The first-order chi connectivity index (χ1) is 10.6. The summed E-state index contributed by atoms with van der Waals surface area (Å²) in [7, 11) is 0. The van der Waals surface area contributed by atoms with Crippen LogP contribution < -0.4 is 5.32 Å². The molecule has 0 saturated heterocycles. The average molecular weight is 302 g/mol. The molecule has 6 nitrogen and oxygen atoms in total. The molecule has 0 aliphatic rings. The second-order valence-corrected chi connectivity index (χ2v) is 5.13. The van der Waals surface area contributed by atoms with Crippen molar-refractivity contribution in [1.29, 1.82) is 0 Å². The summed E-state index contributed by atoms with van der Waals surface area (Å²) in [6.07, 6.45) is 0. The van der Waals surface area contributed by atoms with Crippen LogP contribution in [0.2, 0.25) is 0 Å². The van der Waals surface area contributed by atoms with E-state index in [2.05, 4.69) is 15.5 Å². The highest BCUT2D eigenvalue weighted by Gasteiger charge is 2.14. The third-order valence-electron chi connectivity index (χ3n) is 3.28. The third-order valence-corrected chi connectivity index (χ3v) is 3.28. The molecule has 118 valence electrons. The van der Waals surface area contributed by atoms with E-state index in [0.717, 1.165) is 17.7 Å². The summed E-state index contributed by atoms with van der Waals surface area (Å²) in [4.78, 5) is 13.6. The van der Waals surface area contributed by atoms with Crippen molar-refractivity contribution < 1.29 is 9.21 Å². The maximum atomic E-state index is 11.6. The fourth-order valence-corrected chi connectivity index (χ4v) is 2.14. The van der Waals surface area contributed by atoms with Crippen molar-refractivity contribution in [2.24, 2.45) is 0 Å². The number of amides is 1. The van der Waals surface area contributed by atoms with Crippen molar-refractivity contribution >= 4 is 5.91 Å². The second kappa shape index (κ2) is 7.70. The van der Waals surface area contributed by atoms with E-state index in [-0.39, 0.29) is 5.91 Å². The van der Waals surface area contributed by atoms with E-state index in [4.69, 9.17) is 4.42 Å². The number of hydrogen-bond donors (Lipinski definition) is 1. The van der Waals surface area contributed by atoms with Crippen LogP contribution in [-0.2, 0) is 11.3 Å². The second-order valence-electron chi connectivity index (χ2n) is 5.13. The van der Waals surface area contributed by atoms with E-state index in [1.165, 1.54) is 0 Å². The first-order valence-corrected chi connectivity index (χ1v) is 7.50. The van der Waals surface area contributed by atoms with Gasteiger partial charge in [-0.1, -0.05) is 24.6 Å². The normalized spacial score (nSPS) is 10.9. The van der Waals surface area contributed by atoms with Crippen molar-refractivity contribution in [2.45, 2.75) is 27.3 Å². The lowest BCUT2D eigenvalue weighted by molar-refractivity contribution is -0.122. The summed E-state index contributed by atoms with van der Waals surface area (Å²) in [5.74, 6) is 1.03. The van der Waals surface area contributed by atoms with Gasteiger partial charge in [0.25, 0.3) is 0 Å². The number of carbonyl (C=O) groups is 1. The fourth-order valence-electron chi connectivity index (χ4n) is 2.14. The fraction of sp³-hybridized carbons (Fsp3) is 0.438. The van der Waals surface area contributed by atoms with Crippen molar-refractivity contribution in [3.63, 3.8) is 0 Å². The number of aryl methyl sites for hydroxylation is 1. The lowest BCUT2D eigenvalue weighted by Crippen LogP contribution is -2.36. The maximum absolute atomic E-state index is 11.6. The number of carbonyl (C=O) groups excluding carboxylic acids is 1. The van der Waals surface area contributed by atoms with Gasteiger partial charge in [0.15, 0.2) is 0 Å². The number of benzene rings is 1. The van der Waals surface area contributed by atoms with E-state index in [0.29, 0.717) is 31.4 Å². The van der Waals surface area contributed by atoms with Crippen LogP contribution in [0.4, 0.5) is 0 Å². The first kappa shape index (κ1) is 16.2. The maximum Gasteiger partial charge on any atom is 0.247 e. The van der Waals surface area contributed by atoms with E-state index >= 15 is 0 Å². The standard InChI is InChI=1S/C16H22N4O2/c1-4-17-14(21)10-20(5-2)11-15-18-19-16(22-15)13-8-6-7-12(3)9-13/h6-9H,4-5,10-11H2,1-3H3,(H,17,21). The van der Waals surface area contributed by atoms with Crippen LogP contribution in [0.3, 0.4) is 0 Å². The molecule has 0 unspecified atom stereocenters. The topological polar surface area (TPSA) is 71.3 Å². The Morgan fingerprint density at radius 2 is 2.14 bits per heavy atom. The monoisotopic (exact) mass is 302 g/mol. The highest BCUT2D eigenvalue weighted by molar-refractivity contribution is 5.77. The molecular formula is C16H22N4O2. The molecule has 0 aliphatic heterocycles. The molecule has 1 aromatic carbocycles. The molecule has 0 aliphatic carbocycles. The van der Waals surface area contributed by atoms with Crippen molar-refractivity contribution in [1.82, 2.24) is 20.4 Å². The Balaban J connectivity index is 2.03. The highest BCUT2D eigenvalue weighted by Crippen LogP contribution is 2.19. The van der Waals surface area contributed by atoms with E-state index in [9.17, 15) is 4.79 Å². The van der Waals surface area contributed by atoms with Gasteiger partial charge in [0.2, 0.25) is 17.7 Å². The smallest absolute Gasteiger partial charge is 0.247 e. The molecule has 0 saturated carbocycles. The molecule has 1 amide bonds. The minimum absolute atomic E-state index is 0.00257. The Hall–Kier alpha value is -2.21. The molecule has 2 aromatic rings. The molecular weight excluding hydrogens is 280 g/mol. The summed E-state index contributed by atoms with van der Waals surface area (Å²) < 4.78 is 5.70. The quantitative estimate of drug-likeness (QED) is 0.847. The van der Waals surface area contributed by atoms with Gasteiger partial charge in [-0.3, -0.25) is 9.69 Å². The zero-order valence-electron chi connectivity index (χ0n) is 13.3. The zero-order valence-corrected chi connectivity index (χ0v) is 13.3. The van der Waals surface area contributed by atoms with Crippen LogP contribution in [-0.4, -0.2) is 40.6 Å². The van der Waals surface area contributed by atoms with Crippen LogP contribution in [0.15, 0.2) is 28.7 Å². The van der Waals surface area contributed by atoms with Crippen LogP contribution in [0.25, 0.3) is 11.5 Å². The van der Waals surface area contributed by atoms with Crippen LogP contribution >= 0.6 is 0 Å². The lowest BCUT2D eigenvalue weighted by Gasteiger charge is -2.17. The Bertz CT molecular complexity index is 624. The molecule has 0 atom stereocenters. The van der Waals surface area contributed by atoms with E-state index < -0.39 is 0 Å². The summed E-state index contributed by atoms with van der Waals surface area (Å²) >= 11 is 0. The Morgan fingerprint density at radius 1 is 1.32 bits per heavy atom. The highest BCUT2D eigenvalue weighted by atomic mass is 16.4. The van der Waals surface area contributed by atoms with Crippen LogP contribution in [0.1, 0.15) is 25.3 Å².